The maximum absolute atomic E-state index is 11.7. The zero-order chi connectivity index (χ0) is 23.6. The molecule has 1 heterocycles. The van der Waals surface area contributed by atoms with Crippen LogP contribution in [0.5, 0.6) is 0 Å². The van der Waals surface area contributed by atoms with Crippen molar-refractivity contribution in [2.24, 2.45) is 4.99 Å². The van der Waals surface area contributed by atoms with Gasteiger partial charge in [0.2, 0.25) is 0 Å². The van der Waals surface area contributed by atoms with Crippen LogP contribution in [-0.4, -0.2) is 67.5 Å². The van der Waals surface area contributed by atoms with Gasteiger partial charge in [-0.25, -0.2) is 9.79 Å². The van der Waals surface area contributed by atoms with Gasteiger partial charge in [0.1, 0.15) is 5.60 Å². The van der Waals surface area contributed by atoms with Crippen molar-refractivity contribution < 1.29 is 14.3 Å². The van der Waals surface area contributed by atoms with E-state index >= 15 is 0 Å². The summed E-state index contributed by atoms with van der Waals surface area (Å²) in [6.07, 6.45) is 0.148. The molecule has 2 atom stereocenters. The molecule has 0 aliphatic carbocycles. The Morgan fingerprint density at radius 3 is 2.21 bits per heavy atom. The van der Waals surface area contributed by atoms with Gasteiger partial charge in [0.15, 0.2) is 5.96 Å². The van der Waals surface area contributed by atoms with Crippen LogP contribution in [0.1, 0.15) is 52.7 Å². The number of halogens is 1. The number of nitrogens with zero attached hydrogens (tertiary/aromatic N) is 2. The molecule has 0 bridgehead atoms. The molecule has 2 unspecified atom stereocenters. The normalized spacial score (nSPS) is 19.4. The van der Waals surface area contributed by atoms with Crippen molar-refractivity contribution in [2.75, 3.05) is 32.7 Å². The van der Waals surface area contributed by atoms with Crippen molar-refractivity contribution in [2.45, 2.75) is 72.4 Å². The lowest BCUT2D eigenvalue weighted by Gasteiger charge is -2.35. The molecule has 1 aliphatic rings. The molecular weight excluding hydrogens is 533 g/mol. The number of nitrogens with one attached hydrogen (secondary N) is 3. The molecule has 3 N–H and O–H groups in total. The van der Waals surface area contributed by atoms with Crippen LogP contribution in [0.2, 0.25) is 0 Å². The Morgan fingerprint density at radius 1 is 1.06 bits per heavy atom. The number of hydrogen-bond donors (Lipinski definition) is 3. The monoisotopic (exact) mass is 575 g/mol. The first-order chi connectivity index (χ1) is 15.1. The van der Waals surface area contributed by atoms with Crippen LogP contribution in [0.3, 0.4) is 0 Å². The lowest BCUT2D eigenvalue weighted by molar-refractivity contribution is -0.0704. The number of benzene rings is 1. The zero-order valence-corrected chi connectivity index (χ0v) is 23.3. The first kappa shape index (κ1) is 29.4. The summed E-state index contributed by atoms with van der Waals surface area (Å²) in [7, 11) is 0. The van der Waals surface area contributed by atoms with E-state index in [-0.39, 0.29) is 36.2 Å². The highest BCUT2D eigenvalue weighted by Crippen LogP contribution is 2.15. The van der Waals surface area contributed by atoms with Gasteiger partial charge in [0, 0.05) is 39.3 Å². The molecule has 1 aromatic rings. The Morgan fingerprint density at radius 2 is 1.64 bits per heavy atom. The molecule has 1 aromatic carbocycles. The minimum Gasteiger partial charge on any atom is -0.444 e. The zero-order valence-electron chi connectivity index (χ0n) is 20.9. The highest BCUT2D eigenvalue weighted by Gasteiger charge is 2.22. The molecule has 1 saturated heterocycles. The predicted molar refractivity (Wildman–Crippen MR) is 144 cm³/mol. The minimum atomic E-state index is -0.498. The average Bonchev–Trinajstić information content (AvgIpc) is 2.68. The third kappa shape index (κ3) is 12.4. The van der Waals surface area contributed by atoms with E-state index in [2.05, 4.69) is 64.0 Å². The molecule has 0 aromatic heterocycles. The van der Waals surface area contributed by atoms with Gasteiger partial charge in [-0.3, -0.25) is 4.90 Å². The van der Waals surface area contributed by atoms with Gasteiger partial charge < -0.3 is 25.4 Å². The predicted octanol–water partition coefficient (Wildman–Crippen LogP) is 3.49. The van der Waals surface area contributed by atoms with Crippen molar-refractivity contribution in [3.63, 3.8) is 0 Å². The van der Waals surface area contributed by atoms with Crippen molar-refractivity contribution in [1.82, 2.24) is 20.9 Å². The van der Waals surface area contributed by atoms with Crippen molar-refractivity contribution in [3.05, 3.63) is 35.4 Å². The number of alkyl carbamates (subject to hydrolysis) is 1. The van der Waals surface area contributed by atoms with Gasteiger partial charge in [-0.1, -0.05) is 24.3 Å². The number of morpholine rings is 1. The van der Waals surface area contributed by atoms with Crippen LogP contribution >= 0.6 is 24.0 Å². The number of rotatable bonds is 8. The van der Waals surface area contributed by atoms with Gasteiger partial charge in [-0.05, 0) is 52.7 Å². The van der Waals surface area contributed by atoms with E-state index in [1.165, 1.54) is 5.56 Å². The van der Waals surface area contributed by atoms with Gasteiger partial charge in [-0.15, -0.1) is 24.0 Å². The fourth-order valence-corrected chi connectivity index (χ4v) is 3.59. The summed E-state index contributed by atoms with van der Waals surface area (Å²) < 4.78 is 11.1. The second-order valence-corrected chi connectivity index (χ2v) is 9.32. The van der Waals surface area contributed by atoms with Crippen LogP contribution in [-0.2, 0) is 22.6 Å². The molecule has 188 valence electrons. The number of carbonyl (C=O) groups is 1. The maximum atomic E-state index is 11.7. The number of carbonyl (C=O) groups excluding carboxylic acids is 1. The summed E-state index contributed by atoms with van der Waals surface area (Å²) in [5.41, 5.74) is 1.96. The fourth-order valence-electron chi connectivity index (χ4n) is 3.59. The Balaban J connectivity index is 0.00000544. The summed E-state index contributed by atoms with van der Waals surface area (Å²) in [6.45, 7) is 17.1. The van der Waals surface area contributed by atoms with Gasteiger partial charge in [-0.2, -0.15) is 0 Å². The van der Waals surface area contributed by atoms with E-state index in [9.17, 15) is 4.79 Å². The quantitative estimate of drug-likeness (QED) is 0.191. The summed E-state index contributed by atoms with van der Waals surface area (Å²) in [4.78, 5) is 18.8. The number of hydrogen-bond acceptors (Lipinski definition) is 5. The smallest absolute Gasteiger partial charge is 0.407 e. The molecular formula is C24H42IN5O3. The van der Waals surface area contributed by atoms with E-state index in [0.29, 0.717) is 19.6 Å². The second kappa shape index (κ2) is 14.6. The minimum absolute atomic E-state index is 0. The maximum Gasteiger partial charge on any atom is 0.407 e. The molecule has 1 amide bonds. The molecule has 2 rings (SSSR count). The van der Waals surface area contributed by atoms with Crippen molar-refractivity contribution >= 4 is 36.0 Å². The van der Waals surface area contributed by atoms with E-state index in [0.717, 1.165) is 37.7 Å². The van der Waals surface area contributed by atoms with Crippen LogP contribution in [0.25, 0.3) is 0 Å². The van der Waals surface area contributed by atoms with E-state index < -0.39 is 11.7 Å². The molecule has 33 heavy (non-hydrogen) atoms. The Kier molecular flexibility index (Phi) is 13.0. The number of guanidine groups is 1. The van der Waals surface area contributed by atoms with Crippen molar-refractivity contribution in [1.29, 1.82) is 0 Å². The number of aliphatic imine (C=N–C) groups is 1. The van der Waals surface area contributed by atoms with Crippen LogP contribution < -0.4 is 16.0 Å². The van der Waals surface area contributed by atoms with Gasteiger partial charge >= 0.3 is 6.09 Å². The van der Waals surface area contributed by atoms with E-state index in [4.69, 9.17) is 9.47 Å². The third-order valence-electron chi connectivity index (χ3n) is 4.77. The summed E-state index contributed by atoms with van der Waals surface area (Å²) in [5, 5.41) is 9.20. The van der Waals surface area contributed by atoms with Gasteiger partial charge in [0.05, 0.1) is 18.8 Å². The second-order valence-electron chi connectivity index (χ2n) is 9.32. The molecule has 1 aliphatic heterocycles. The highest BCUT2D eigenvalue weighted by molar-refractivity contribution is 14.0. The lowest BCUT2D eigenvalue weighted by atomic mass is 10.1. The Hall–Kier alpha value is -1.59. The summed E-state index contributed by atoms with van der Waals surface area (Å²) in [6, 6.07) is 8.64. The third-order valence-corrected chi connectivity index (χ3v) is 4.77. The largest absolute Gasteiger partial charge is 0.444 e. The molecule has 1 fully saturated rings. The first-order valence-electron chi connectivity index (χ1n) is 11.6. The van der Waals surface area contributed by atoms with Crippen molar-refractivity contribution in [3.8, 4) is 0 Å². The molecule has 0 radical (unpaired) electrons. The molecule has 8 nitrogen and oxygen atoms in total. The van der Waals surface area contributed by atoms with E-state index in [1.54, 1.807) is 0 Å². The molecule has 0 spiro atoms. The number of amides is 1. The standard InChI is InChI=1S/C24H41N5O3.HI/c1-7-25-22(26-12-13-27-23(30)32-24(4,5)6)28-14-20-8-10-21(11-9-20)17-29-15-18(2)31-19(3)16-29;/h8-11,18-19H,7,12-17H2,1-6H3,(H,27,30)(H2,25,26,28);1H. The Labute approximate surface area is 216 Å². The lowest BCUT2D eigenvalue weighted by Crippen LogP contribution is -2.44. The first-order valence-corrected chi connectivity index (χ1v) is 11.6. The van der Waals surface area contributed by atoms with Crippen LogP contribution in [0.4, 0.5) is 4.79 Å². The average molecular weight is 576 g/mol. The van der Waals surface area contributed by atoms with Crippen LogP contribution in [0.15, 0.2) is 29.3 Å². The summed E-state index contributed by atoms with van der Waals surface area (Å²) >= 11 is 0. The Bertz CT molecular complexity index is 727. The summed E-state index contributed by atoms with van der Waals surface area (Å²) in [5.74, 6) is 0.721. The highest BCUT2D eigenvalue weighted by atomic mass is 127. The fraction of sp³-hybridized carbons (Fsp3) is 0.667. The SMILES string of the molecule is CCNC(=NCc1ccc(CN2CC(C)OC(C)C2)cc1)NCCNC(=O)OC(C)(C)C.I. The van der Waals surface area contributed by atoms with E-state index in [1.807, 2.05) is 27.7 Å². The topological polar surface area (TPSA) is 87.2 Å². The number of ether oxygens (including phenoxy) is 2. The molecule has 0 saturated carbocycles. The molecule has 9 heteroatoms. The van der Waals surface area contributed by atoms with Gasteiger partial charge in [0.25, 0.3) is 0 Å². The van der Waals surface area contributed by atoms with Crippen LogP contribution in [0, 0.1) is 0 Å².